The van der Waals surface area contributed by atoms with Crippen LogP contribution >= 0.6 is 0 Å². The van der Waals surface area contributed by atoms with Gasteiger partial charge in [0.05, 0.1) is 17.8 Å². The van der Waals surface area contributed by atoms with Crippen molar-refractivity contribution in [1.29, 1.82) is 0 Å². The first-order valence-electron chi connectivity index (χ1n) is 7.96. The second-order valence-corrected chi connectivity index (χ2v) is 5.81. The van der Waals surface area contributed by atoms with Gasteiger partial charge < -0.3 is 5.32 Å². The molecule has 3 nitrogen and oxygen atoms in total. The Morgan fingerprint density at radius 2 is 1.82 bits per heavy atom. The van der Waals surface area contributed by atoms with Crippen molar-refractivity contribution in [3.63, 3.8) is 0 Å². The highest BCUT2D eigenvalue weighted by molar-refractivity contribution is 5.93. The number of para-hydroxylation sites is 1. The van der Waals surface area contributed by atoms with E-state index in [9.17, 15) is 0 Å². The largest absolute Gasteiger partial charge is 0.379 e. The minimum Gasteiger partial charge on any atom is -0.379 e. The highest BCUT2D eigenvalue weighted by Crippen LogP contribution is 2.33. The first-order valence-corrected chi connectivity index (χ1v) is 7.96. The topological polar surface area (TPSA) is 37.8 Å². The average Bonchev–Trinajstić information content (AvgIpc) is 2.59. The minimum absolute atomic E-state index is 0.751. The quantitative estimate of drug-likeness (QED) is 0.788. The third kappa shape index (κ3) is 2.43. The van der Waals surface area contributed by atoms with E-state index in [4.69, 9.17) is 4.98 Å². The van der Waals surface area contributed by atoms with Crippen LogP contribution in [-0.4, -0.2) is 9.97 Å². The molecule has 4 rings (SSSR count). The van der Waals surface area contributed by atoms with Crippen LogP contribution in [-0.2, 0) is 19.4 Å². The SMILES string of the molecule is c1ccc(CNc2c3c(nc4ccccc24)CCCC3)nc1. The number of hydrogen-bond donors (Lipinski definition) is 1. The predicted molar refractivity (Wildman–Crippen MR) is 89.9 cm³/mol. The van der Waals surface area contributed by atoms with Crippen LogP contribution in [0.25, 0.3) is 10.9 Å². The lowest BCUT2D eigenvalue weighted by Gasteiger charge is -2.21. The summed E-state index contributed by atoms with van der Waals surface area (Å²) in [6, 6.07) is 14.5. The number of hydrogen-bond acceptors (Lipinski definition) is 3. The Balaban J connectivity index is 1.77. The van der Waals surface area contributed by atoms with E-state index < -0.39 is 0 Å². The number of aryl methyl sites for hydroxylation is 1. The molecule has 3 heteroatoms. The summed E-state index contributed by atoms with van der Waals surface area (Å²) in [6.07, 6.45) is 6.57. The van der Waals surface area contributed by atoms with Crippen molar-refractivity contribution in [2.45, 2.75) is 32.2 Å². The maximum Gasteiger partial charge on any atom is 0.0726 e. The highest BCUT2D eigenvalue weighted by Gasteiger charge is 2.17. The normalized spacial score (nSPS) is 13.8. The summed E-state index contributed by atoms with van der Waals surface area (Å²) in [5.41, 5.74) is 6.08. The first kappa shape index (κ1) is 13.3. The molecule has 0 saturated carbocycles. The smallest absolute Gasteiger partial charge is 0.0726 e. The van der Waals surface area contributed by atoms with Crippen molar-refractivity contribution in [3.8, 4) is 0 Å². The molecule has 0 atom stereocenters. The molecule has 22 heavy (non-hydrogen) atoms. The Kier molecular flexibility index (Phi) is 3.47. The van der Waals surface area contributed by atoms with Gasteiger partial charge in [0.1, 0.15) is 0 Å². The molecule has 110 valence electrons. The number of nitrogens with zero attached hydrogens (tertiary/aromatic N) is 2. The van der Waals surface area contributed by atoms with Crippen LogP contribution < -0.4 is 5.32 Å². The van der Waals surface area contributed by atoms with Crippen LogP contribution in [0.5, 0.6) is 0 Å². The Morgan fingerprint density at radius 1 is 0.955 bits per heavy atom. The zero-order valence-electron chi connectivity index (χ0n) is 12.5. The molecule has 1 N–H and O–H groups in total. The standard InChI is InChI=1S/C19H19N3/c1-3-10-17-15(8-1)19(16-9-2-4-11-18(16)22-17)21-13-14-7-5-6-12-20-14/h1,3,5-8,10,12H,2,4,9,11,13H2,(H,21,22). The summed E-state index contributed by atoms with van der Waals surface area (Å²) in [5.74, 6) is 0. The number of rotatable bonds is 3. The van der Waals surface area contributed by atoms with Gasteiger partial charge in [-0.05, 0) is 49.4 Å². The molecule has 0 fully saturated rings. The molecule has 1 aromatic carbocycles. The van der Waals surface area contributed by atoms with E-state index in [0.29, 0.717) is 0 Å². The monoisotopic (exact) mass is 289 g/mol. The molecule has 3 aromatic rings. The van der Waals surface area contributed by atoms with Crippen molar-refractivity contribution < 1.29 is 0 Å². The van der Waals surface area contributed by atoms with Gasteiger partial charge in [-0.2, -0.15) is 0 Å². The van der Waals surface area contributed by atoms with Crippen molar-refractivity contribution in [2.75, 3.05) is 5.32 Å². The number of pyridine rings is 2. The minimum atomic E-state index is 0.751. The Morgan fingerprint density at radius 3 is 2.73 bits per heavy atom. The third-order valence-corrected chi connectivity index (χ3v) is 4.34. The number of benzene rings is 1. The van der Waals surface area contributed by atoms with Crippen LogP contribution in [0.3, 0.4) is 0 Å². The fourth-order valence-electron chi connectivity index (χ4n) is 3.26. The summed E-state index contributed by atoms with van der Waals surface area (Å²) in [6.45, 7) is 0.751. The highest BCUT2D eigenvalue weighted by atomic mass is 14.9. The fraction of sp³-hybridized carbons (Fsp3) is 0.263. The van der Waals surface area contributed by atoms with Crippen LogP contribution in [0.1, 0.15) is 29.8 Å². The van der Waals surface area contributed by atoms with Gasteiger partial charge in [-0.25, -0.2) is 0 Å². The van der Waals surface area contributed by atoms with Gasteiger partial charge in [0.25, 0.3) is 0 Å². The Bertz CT molecular complexity index is 796. The molecule has 0 amide bonds. The van der Waals surface area contributed by atoms with Crippen LogP contribution in [0.15, 0.2) is 48.7 Å². The van der Waals surface area contributed by atoms with Crippen LogP contribution in [0, 0.1) is 0 Å². The van der Waals surface area contributed by atoms with Gasteiger partial charge >= 0.3 is 0 Å². The molecule has 2 aromatic heterocycles. The lowest BCUT2D eigenvalue weighted by molar-refractivity contribution is 0.672. The van der Waals surface area contributed by atoms with Gasteiger partial charge in [-0.1, -0.05) is 24.3 Å². The van der Waals surface area contributed by atoms with E-state index in [1.54, 1.807) is 0 Å². The van der Waals surface area contributed by atoms with Gasteiger partial charge in [-0.3, -0.25) is 9.97 Å². The molecule has 0 bridgehead atoms. The van der Waals surface area contributed by atoms with Gasteiger partial charge in [0, 0.05) is 23.0 Å². The summed E-state index contributed by atoms with van der Waals surface area (Å²) in [7, 11) is 0. The van der Waals surface area contributed by atoms with Crippen molar-refractivity contribution >= 4 is 16.6 Å². The Hall–Kier alpha value is -2.42. The maximum atomic E-state index is 4.88. The molecule has 0 aliphatic heterocycles. The lowest BCUT2D eigenvalue weighted by atomic mass is 9.92. The van der Waals surface area contributed by atoms with Gasteiger partial charge in [-0.15, -0.1) is 0 Å². The Labute approximate surface area is 130 Å². The van der Waals surface area contributed by atoms with E-state index in [2.05, 4.69) is 40.6 Å². The van der Waals surface area contributed by atoms with Crippen LogP contribution in [0.4, 0.5) is 5.69 Å². The van der Waals surface area contributed by atoms with E-state index >= 15 is 0 Å². The summed E-state index contributed by atoms with van der Waals surface area (Å²) >= 11 is 0. The predicted octanol–water partition coefficient (Wildman–Crippen LogP) is 4.12. The van der Waals surface area contributed by atoms with Gasteiger partial charge in [0.15, 0.2) is 0 Å². The van der Waals surface area contributed by atoms with E-state index in [1.807, 2.05) is 18.3 Å². The van der Waals surface area contributed by atoms with Crippen molar-refractivity contribution in [3.05, 3.63) is 65.6 Å². The number of fused-ring (bicyclic) bond motifs is 2. The third-order valence-electron chi connectivity index (χ3n) is 4.34. The van der Waals surface area contributed by atoms with Crippen molar-refractivity contribution in [2.24, 2.45) is 0 Å². The van der Waals surface area contributed by atoms with Gasteiger partial charge in [0.2, 0.25) is 0 Å². The number of aromatic nitrogens is 2. The zero-order valence-corrected chi connectivity index (χ0v) is 12.5. The molecule has 0 unspecified atom stereocenters. The summed E-state index contributed by atoms with van der Waals surface area (Å²) in [5, 5.41) is 4.85. The summed E-state index contributed by atoms with van der Waals surface area (Å²) < 4.78 is 0. The molecular formula is C19H19N3. The molecular weight excluding hydrogens is 270 g/mol. The fourth-order valence-corrected chi connectivity index (χ4v) is 3.26. The lowest BCUT2D eigenvalue weighted by Crippen LogP contribution is -2.11. The van der Waals surface area contributed by atoms with E-state index in [-0.39, 0.29) is 0 Å². The maximum absolute atomic E-state index is 4.88. The zero-order chi connectivity index (χ0) is 14.8. The van der Waals surface area contributed by atoms with Crippen LogP contribution in [0.2, 0.25) is 0 Å². The number of anilines is 1. The van der Waals surface area contributed by atoms with Crippen molar-refractivity contribution in [1.82, 2.24) is 9.97 Å². The second kappa shape index (κ2) is 5.76. The molecule has 0 saturated heterocycles. The molecule has 2 heterocycles. The second-order valence-electron chi connectivity index (χ2n) is 5.81. The first-order chi connectivity index (χ1) is 10.9. The number of nitrogens with one attached hydrogen (secondary N) is 1. The molecule has 1 aliphatic rings. The van der Waals surface area contributed by atoms with E-state index in [1.165, 1.54) is 35.2 Å². The van der Waals surface area contributed by atoms with E-state index in [0.717, 1.165) is 30.6 Å². The molecule has 0 spiro atoms. The molecule has 0 radical (unpaired) electrons. The summed E-state index contributed by atoms with van der Waals surface area (Å²) in [4.78, 5) is 9.28. The molecule has 1 aliphatic carbocycles. The average molecular weight is 289 g/mol.